The van der Waals surface area contributed by atoms with Crippen molar-refractivity contribution in [3.05, 3.63) is 51.5 Å². The van der Waals surface area contributed by atoms with E-state index in [0.29, 0.717) is 11.6 Å². The molecule has 0 fully saturated rings. The summed E-state index contributed by atoms with van der Waals surface area (Å²) in [5, 5.41) is 2.70. The minimum atomic E-state index is -0.610. The fourth-order valence-corrected chi connectivity index (χ4v) is 1.95. The molecule has 0 saturated heterocycles. The number of ether oxygens (including phenoxy) is 1. The lowest BCUT2D eigenvalue weighted by molar-refractivity contribution is -0.122. The molecule has 0 spiro atoms. The maximum Gasteiger partial charge on any atom is 0.266 e. The molecule has 20 heavy (non-hydrogen) atoms. The molecule has 0 radical (unpaired) electrons. The fourth-order valence-electron chi connectivity index (χ4n) is 1.45. The van der Waals surface area contributed by atoms with Gasteiger partial charge in [0.2, 0.25) is 0 Å². The Balaban J connectivity index is 1.94. The molecule has 1 aromatic heterocycles. The predicted octanol–water partition coefficient (Wildman–Crippen LogP) is 4.01. The van der Waals surface area contributed by atoms with E-state index in [-0.39, 0.29) is 5.91 Å². The second-order valence-electron chi connectivity index (χ2n) is 4.06. The van der Waals surface area contributed by atoms with Crippen LogP contribution in [-0.4, -0.2) is 17.0 Å². The van der Waals surface area contributed by atoms with E-state index in [9.17, 15) is 4.79 Å². The maximum absolute atomic E-state index is 12.0. The third kappa shape index (κ3) is 4.31. The number of nitrogens with one attached hydrogen (secondary N) is 1. The Morgan fingerprint density at radius 3 is 2.40 bits per heavy atom. The maximum atomic E-state index is 12.0. The summed E-state index contributed by atoms with van der Waals surface area (Å²) in [6.07, 6.45) is 1.01. The number of hydrogen-bond acceptors (Lipinski definition) is 3. The number of rotatable bonds is 4. The van der Waals surface area contributed by atoms with Crippen LogP contribution in [0, 0.1) is 0 Å². The van der Waals surface area contributed by atoms with Gasteiger partial charge in [-0.25, -0.2) is 4.98 Å². The van der Waals surface area contributed by atoms with Crippen LogP contribution in [0.5, 0.6) is 5.75 Å². The first-order valence-corrected chi connectivity index (χ1v) is 7.48. The summed E-state index contributed by atoms with van der Waals surface area (Å²) >= 11 is 6.63. The van der Waals surface area contributed by atoms with Gasteiger partial charge < -0.3 is 10.1 Å². The molecule has 104 valence electrons. The van der Waals surface area contributed by atoms with Crippen LogP contribution in [0.1, 0.15) is 6.92 Å². The van der Waals surface area contributed by atoms with E-state index in [4.69, 9.17) is 4.74 Å². The van der Waals surface area contributed by atoms with Crippen LogP contribution in [0.25, 0.3) is 0 Å². The first-order valence-electron chi connectivity index (χ1n) is 5.89. The molecule has 1 N–H and O–H groups in total. The van der Waals surface area contributed by atoms with E-state index in [1.54, 1.807) is 31.3 Å². The Kier molecular flexibility index (Phi) is 5.14. The van der Waals surface area contributed by atoms with E-state index in [1.165, 1.54) is 0 Å². The number of carbonyl (C=O) groups excluding carboxylic acids is 1. The van der Waals surface area contributed by atoms with Crippen LogP contribution in [0.2, 0.25) is 0 Å². The highest BCUT2D eigenvalue weighted by Gasteiger charge is 2.15. The number of halogens is 2. The normalized spacial score (nSPS) is 11.8. The highest BCUT2D eigenvalue weighted by molar-refractivity contribution is 9.10. The van der Waals surface area contributed by atoms with Gasteiger partial charge in [-0.05, 0) is 59.3 Å². The van der Waals surface area contributed by atoms with Crippen molar-refractivity contribution in [2.45, 2.75) is 13.0 Å². The predicted molar refractivity (Wildman–Crippen MR) is 84.8 cm³/mol. The Morgan fingerprint density at radius 2 is 1.80 bits per heavy atom. The monoisotopic (exact) mass is 398 g/mol. The Hall–Kier alpha value is -1.40. The zero-order valence-electron chi connectivity index (χ0n) is 10.6. The minimum absolute atomic E-state index is 0.247. The Morgan fingerprint density at radius 1 is 1.15 bits per heavy atom. The van der Waals surface area contributed by atoms with Crippen molar-refractivity contribution in [1.82, 2.24) is 4.98 Å². The third-order valence-corrected chi connectivity index (χ3v) is 3.47. The number of benzene rings is 1. The van der Waals surface area contributed by atoms with E-state index in [2.05, 4.69) is 42.2 Å². The lowest BCUT2D eigenvalue weighted by Crippen LogP contribution is -2.30. The smallest absolute Gasteiger partial charge is 0.266 e. The first-order chi connectivity index (χ1) is 9.54. The van der Waals surface area contributed by atoms with Crippen molar-refractivity contribution >= 4 is 43.6 Å². The minimum Gasteiger partial charge on any atom is -0.481 e. The molecule has 2 rings (SSSR count). The summed E-state index contributed by atoms with van der Waals surface area (Å²) in [5.74, 6) is 0.881. The molecule has 0 aliphatic rings. The van der Waals surface area contributed by atoms with Gasteiger partial charge in [-0.1, -0.05) is 15.9 Å². The van der Waals surface area contributed by atoms with Gasteiger partial charge in [-0.3, -0.25) is 4.79 Å². The molecule has 1 atom stereocenters. The fraction of sp³-hybridized carbons (Fsp3) is 0.143. The molecule has 6 heteroatoms. The highest BCUT2D eigenvalue weighted by Crippen LogP contribution is 2.18. The number of pyridine rings is 1. The van der Waals surface area contributed by atoms with Crippen molar-refractivity contribution in [3.63, 3.8) is 0 Å². The zero-order valence-corrected chi connectivity index (χ0v) is 13.8. The standard InChI is InChI=1S/C14H12Br2N2O2/c1-9(20-12-5-2-10(15)3-6-12)14(19)18-13-7-4-11(16)8-17-13/h2-9H,1H3,(H,17,18,19). The molecular formula is C14H12Br2N2O2. The topological polar surface area (TPSA) is 51.2 Å². The summed E-state index contributed by atoms with van der Waals surface area (Å²) in [5.41, 5.74) is 0. The van der Waals surface area contributed by atoms with Gasteiger partial charge >= 0.3 is 0 Å². The average Bonchev–Trinajstić information content (AvgIpc) is 2.44. The van der Waals surface area contributed by atoms with E-state index < -0.39 is 6.10 Å². The average molecular weight is 400 g/mol. The molecule has 4 nitrogen and oxygen atoms in total. The summed E-state index contributed by atoms with van der Waals surface area (Å²) in [6.45, 7) is 1.69. The number of anilines is 1. The Labute approximate surface area is 133 Å². The lowest BCUT2D eigenvalue weighted by atomic mass is 10.3. The van der Waals surface area contributed by atoms with Crippen LogP contribution in [0.4, 0.5) is 5.82 Å². The molecule has 0 aliphatic carbocycles. The molecule has 1 aromatic carbocycles. The van der Waals surface area contributed by atoms with Crippen LogP contribution in [-0.2, 0) is 4.79 Å². The molecule has 0 bridgehead atoms. The molecule has 0 aliphatic heterocycles. The van der Waals surface area contributed by atoms with E-state index in [1.807, 2.05) is 18.2 Å². The first kappa shape index (κ1) is 15.0. The van der Waals surface area contributed by atoms with E-state index >= 15 is 0 Å². The second-order valence-corrected chi connectivity index (χ2v) is 5.90. The summed E-state index contributed by atoms with van der Waals surface area (Å²) in [4.78, 5) is 16.1. The zero-order chi connectivity index (χ0) is 14.5. The van der Waals surface area contributed by atoms with Gasteiger partial charge in [0.25, 0.3) is 5.91 Å². The molecule has 1 amide bonds. The summed E-state index contributed by atoms with van der Waals surface area (Å²) < 4.78 is 7.37. The van der Waals surface area contributed by atoms with Gasteiger partial charge in [0.05, 0.1) is 0 Å². The number of nitrogens with zero attached hydrogens (tertiary/aromatic N) is 1. The molecule has 1 heterocycles. The largest absolute Gasteiger partial charge is 0.481 e. The lowest BCUT2D eigenvalue weighted by Gasteiger charge is -2.14. The van der Waals surface area contributed by atoms with Crippen molar-refractivity contribution in [3.8, 4) is 5.75 Å². The quantitative estimate of drug-likeness (QED) is 0.844. The number of hydrogen-bond donors (Lipinski definition) is 1. The number of aromatic nitrogens is 1. The highest BCUT2D eigenvalue weighted by atomic mass is 79.9. The van der Waals surface area contributed by atoms with Crippen LogP contribution in [0.15, 0.2) is 51.5 Å². The van der Waals surface area contributed by atoms with E-state index in [0.717, 1.165) is 8.95 Å². The molecule has 2 aromatic rings. The van der Waals surface area contributed by atoms with Crippen molar-refractivity contribution in [2.24, 2.45) is 0 Å². The van der Waals surface area contributed by atoms with Crippen molar-refractivity contribution < 1.29 is 9.53 Å². The molecule has 1 unspecified atom stereocenters. The van der Waals surface area contributed by atoms with Crippen molar-refractivity contribution in [1.29, 1.82) is 0 Å². The number of amides is 1. The van der Waals surface area contributed by atoms with Gasteiger partial charge in [-0.2, -0.15) is 0 Å². The van der Waals surface area contributed by atoms with Gasteiger partial charge in [0, 0.05) is 15.1 Å². The van der Waals surface area contributed by atoms with Crippen LogP contribution >= 0.6 is 31.9 Å². The molecular weight excluding hydrogens is 388 g/mol. The Bertz CT molecular complexity index is 585. The SMILES string of the molecule is CC(Oc1ccc(Br)cc1)C(=O)Nc1ccc(Br)cn1. The van der Waals surface area contributed by atoms with Gasteiger partial charge in [-0.15, -0.1) is 0 Å². The van der Waals surface area contributed by atoms with Crippen molar-refractivity contribution in [2.75, 3.05) is 5.32 Å². The van der Waals surface area contributed by atoms with Crippen LogP contribution in [0.3, 0.4) is 0 Å². The van der Waals surface area contributed by atoms with Gasteiger partial charge in [0.15, 0.2) is 6.10 Å². The van der Waals surface area contributed by atoms with Gasteiger partial charge in [0.1, 0.15) is 11.6 Å². The van der Waals surface area contributed by atoms with Crippen LogP contribution < -0.4 is 10.1 Å². The second kappa shape index (κ2) is 6.85. The third-order valence-electron chi connectivity index (χ3n) is 2.47. The number of carbonyl (C=O) groups is 1. The summed E-state index contributed by atoms with van der Waals surface area (Å²) in [6, 6.07) is 10.8. The summed E-state index contributed by atoms with van der Waals surface area (Å²) in [7, 11) is 0. The molecule has 0 saturated carbocycles.